The Balaban J connectivity index is 2.31. The molecule has 8 heteroatoms. The summed E-state index contributed by atoms with van der Waals surface area (Å²) in [7, 11) is 1.55. The number of nitrogens with zero attached hydrogens (tertiary/aromatic N) is 4. The highest BCUT2D eigenvalue weighted by molar-refractivity contribution is 6.29. The molecule has 0 atom stereocenters. The van der Waals surface area contributed by atoms with Gasteiger partial charge in [-0.05, 0) is 30.7 Å². The van der Waals surface area contributed by atoms with E-state index in [9.17, 15) is 10.1 Å². The Hall–Kier alpha value is -2.67. The molecule has 0 unspecified atom stereocenters. The molecule has 7 nitrogen and oxygen atoms in total. The first-order valence-electron chi connectivity index (χ1n) is 7.37. The van der Waals surface area contributed by atoms with Crippen molar-refractivity contribution in [2.75, 3.05) is 13.6 Å². The number of rotatable bonds is 6. The van der Waals surface area contributed by atoms with Crippen molar-refractivity contribution in [2.24, 2.45) is 4.99 Å². The summed E-state index contributed by atoms with van der Waals surface area (Å²) in [4.78, 5) is 24.0. The fraction of sp³-hybridized carbons (Fsp3) is 0.250. The molecule has 24 heavy (non-hydrogen) atoms. The van der Waals surface area contributed by atoms with Crippen LogP contribution in [0.25, 0.3) is 6.08 Å². The second-order valence-electron chi connectivity index (χ2n) is 4.96. The van der Waals surface area contributed by atoms with Crippen LogP contribution >= 0.6 is 11.6 Å². The van der Waals surface area contributed by atoms with Crippen LogP contribution in [0.5, 0.6) is 0 Å². The second kappa shape index (κ2) is 8.26. The molecule has 1 N–H and O–H groups in total. The summed E-state index contributed by atoms with van der Waals surface area (Å²) >= 11 is 5.79. The van der Waals surface area contributed by atoms with E-state index in [0.29, 0.717) is 29.8 Å². The first-order chi connectivity index (χ1) is 11.5. The second-order valence-corrected chi connectivity index (χ2v) is 5.35. The van der Waals surface area contributed by atoms with Crippen molar-refractivity contribution in [2.45, 2.75) is 13.5 Å². The van der Waals surface area contributed by atoms with E-state index in [2.05, 4.69) is 15.0 Å². The van der Waals surface area contributed by atoms with Gasteiger partial charge in [-0.15, -0.1) is 0 Å². The molecule has 0 aliphatic heterocycles. The minimum atomic E-state index is -0.425. The number of aromatic amines is 1. The van der Waals surface area contributed by atoms with E-state index in [4.69, 9.17) is 11.6 Å². The molecule has 2 aromatic heterocycles. The molecule has 0 fully saturated rings. The third-order valence-corrected chi connectivity index (χ3v) is 3.62. The van der Waals surface area contributed by atoms with Gasteiger partial charge in [-0.2, -0.15) is 0 Å². The van der Waals surface area contributed by atoms with Crippen LogP contribution in [0.4, 0.5) is 0 Å². The number of amidine groups is 1. The Morgan fingerprint density at radius 1 is 1.50 bits per heavy atom. The maximum atomic E-state index is 11.5. The highest BCUT2D eigenvalue weighted by Gasteiger charge is 2.24. The van der Waals surface area contributed by atoms with Crippen LogP contribution in [0.1, 0.15) is 18.2 Å². The van der Waals surface area contributed by atoms with Gasteiger partial charge in [-0.1, -0.05) is 17.7 Å². The zero-order valence-electron chi connectivity index (χ0n) is 13.4. The topological polar surface area (TPSA) is 87.4 Å². The number of halogens is 1. The molecular weight excluding hydrogens is 330 g/mol. The molecule has 0 aromatic carbocycles. The summed E-state index contributed by atoms with van der Waals surface area (Å²) in [6, 6.07) is 7.07. The number of pyridine rings is 1. The van der Waals surface area contributed by atoms with Gasteiger partial charge in [0.25, 0.3) is 0 Å². The molecule has 2 rings (SSSR count). The summed E-state index contributed by atoms with van der Waals surface area (Å²) in [6.45, 7) is 2.93. The molecule has 0 spiro atoms. The van der Waals surface area contributed by atoms with E-state index in [1.165, 1.54) is 6.08 Å². The predicted molar refractivity (Wildman–Crippen MR) is 94.5 cm³/mol. The van der Waals surface area contributed by atoms with Gasteiger partial charge in [0.1, 0.15) is 5.15 Å². The van der Waals surface area contributed by atoms with Crippen LogP contribution in [0, 0.1) is 10.1 Å². The molecule has 0 radical (unpaired) electrons. The maximum Gasteiger partial charge on any atom is 0.313 e. The van der Waals surface area contributed by atoms with E-state index in [0.717, 1.165) is 5.56 Å². The fourth-order valence-electron chi connectivity index (χ4n) is 2.25. The van der Waals surface area contributed by atoms with E-state index in [-0.39, 0.29) is 5.70 Å². The van der Waals surface area contributed by atoms with E-state index in [1.807, 2.05) is 17.9 Å². The monoisotopic (exact) mass is 347 g/mol. The van der Waals surface area contributed by atoms with E-state index >= 15 is 0 Å². The minimum Gasteiger partial charge on any atom is -0.361 e. The third-order valence-electron chi connectivity index (χ3n) is 3.40. The zero-order valence-corrected chi connectivity index (χ0v) is 14.2. The van der Waals surface area contributed by atoms with Gasteiger partial charge < -0.3 is 9.88 Å². The van der Waals surface area contributed by atoms with E-state index < -0.39 is 4.92 Å². The molecule has 0 saturated heterocycles. The van der Waals surface area contributed by atoms with Crippen molar-refractivity contribution in [3.8, 4) is 0 Å². The number of hydrogen-bond donors (Lipinski definition) is 1. The summed E-state index contributed by atoms with van der Waals surface area (Å²) in [6.07, 6.45) is 4.84. The molecule has 2 heterocycles. The zero-order chi connectivity index (χ0) is 17.5. The van der Waals surface area contributed by atoms with Crippen LogP contribution in [0.15, 0.2) is 47.3 Å². The molecule has 0 amide bonds. The van der Waals surface area contributed by atoms with Gasteiger partial charge in [-0.25, -0.2) is 4.98 Å². The number of hydrogen-bond acceptors (Lipinski definition) is 4. The first-order valence-corrected chi connectivity index (χ1v) is 7.75. The van der Waals surface area contributed by atoms with Crippen molar-refractivity contribution in [3.63, 3.8) is 0 Å². The maximum absolute atomic E-state index is 11.5. The van der Waals surface area contributed by atoms with Crippen molar-refractivity contribution < 1.29 is 4.92 Å². The summed E-state index contributed by atoms with van der Waals surface area (Å²) in [5.74, 6) is 0.312. The number of nitro groups is 1. The number of H-pyrrole nitrogens is 1. The number of likely N-dealkylation sites (N-methyl/N-ethyl adjacent to an activating group) is 1. The van der Waals surface area contributed by atoms with Gasteiger partial charge in [0.15, 0.2) is 0 Å². The molecular formula is C16H18ClN5O2. The van der Waals surface area contributed by atoms with Gasteiger partial charge in [0.05, 0.1) is 4.92 Å². The normalized spacial score (nSPS) is 12.3. The largest absolute Gasteiger partial charge is 0.361 e. The fourth-order valence-corrected chi connectivity index (χ4v) is 2.37. The van der Waals surface area contributed by atoms with Gasteiger partial charge in [0, 0.05) is 44.3 Å². The average Bonchev–Trinajstić information content (AvgIpc) is 3.08. The lowest BCUT2D eigenvalue weighted by atomic mass is 10.2. The number of aromatic nitrogens is 2. The Bertz CT molecular complexity index is 738. The van der Waals surface area contributed by atoms with E-state index in [1.54, 1.807) is 37.6 Å². The lowest BCUT2D eigenvalue weighted by Gasteiger charge is -2.22. The van der Waals surface area contributed by atoms with Gasteiger partial charge in [0.2, 0.25) is 5.84 Å². The quantitative estimate of drug-likeness (QED) is 0.286. The highest BCUT2D eigenvalue weighted by Crippen LogP contribution is 2.14. The SMILES string of the molecule is CCN(Cc1ccc(Cl)nc1)C(=NC)/C(=C\c1ccc[nH]1)[N+](=O)[O-]. The van der Waals surface area contributed by atoms with Crippen molar-refractivity contribution >= 4 is 23.5 Å². The summed E-state index contributed by atoms with van der Waals surface area (Å²) < 4.78 is 0. The third kappa shape index (κ3) is 4.42. The van der Waals surface area contributed by atoms with Gasteiger partial charge in [-0.3, -0.25) is 15.1 Å². The number of nitrogens with one attached hydrogen (secondary N) is 1. The van der Waals surface area contributed by atoms with Crippen LogP contribution in [-0.4, -0.2) is 39.2 Å². The molecule has 0 bridgehead atoms. The Kier molecular flexibility index (Phi) is 6.08. The lowest BCUT2D eigenvalue weighted by Crippen LogP contribution is -2.34. The Morgan fingerprint density at radius 3 is 2.79 bits per heavy atom. The van der Waals surface area contributed by atoms with Gasteiger partial charge >= 0.3 is 5.70 Å². The Morgan fingerprint density at radius 2 is 2.29 bits per heavy atom. The molecule has 126 valence electrons. The van der Waals surface area contributed by atoms with Crippen LogP contribution in [0.3, 0.4) is 0 Å². The average molecular weight is 348 g/mol. The highest BCUT2D eigenvalue weighted by atomic mass is 35.5. The first kappa shape index (κ1) is 17.7. The number of aliphatic imine (C=N–C) groups is 1. The molecule has 0 saturated carbocycles. The summed E-state index contributed by atoms with van der Waals surface area (Å²) in [5.41, 5.74) is 1.47. The molecule has 0 aliphatic carbocycles. The standard InChI is InChI=1S/C16H18ClN5O2/c1-3-21(11-12-6-7-15(17)20-10-12)16(18-2)14(22(23)24)9-13-5-4-8-19-13/h4-10,19H,3,11H2,1-2H3/b14-9+,18-16?. The van der Waals surface area contributed by atoms with Crippen LogP contribution in [-0.2, 0) is 6.54 Å². The smallest absolute Gasteiger partial charge is 0.313 e. The van der Waals surface area contributed by atoms with Crippen molar-refractivity contribution in [3.05, 3.63) is 68.9 Å². The van der Waals surface area contributed by atoms with Crippen LogP contribution < -0.4 is 0 Å². The predicted octanol–water partition coefficient (Wildman–Crippen LogP) is 3.23. The van der Waals surface area contributed by atoms with Crippen molar-refractivity contribution in [1.82, 2.24) is 14.9 Å². The molecule has 2 aromatic rings. The van der Waals surface area contributed by atoms with Crippen molar-refractivity contribution in [1.29, 1.82) is 0 Å². The Labute approximate surface area is 144 Å². The molecule has 0 aliphatic rings. The summed E-state index contributed by atoms with van der Waals surface area (Å²) in [5, 5.41) is 11.9. The van der Waals surface area contributed by atoms with Crippen LogP contribution in [0.2, 0.25) is 5.15 Å². The lowest BCUT2D eigenvalue weighted by molar-refractivity contribution is -0.414. The minimum absolute atomic E-state index is 0.0660.